The van der Waals surface area contributed by atoms with E-state index in [0.717, 1.165) is 0 Å². The summed E-state index contributed by atoms with van der Waals surface area (Å²) in [5, 5.41) is 2.63. The predicted octanol–water partition coefficient (Wildman–Crippen LogP) is 1.05. The molecule has 0 aliphatic rings. The summed E-state index contributed by atoms with van der Waals surface area (Å²) in [5.74, 6) is -0.361. The fraction of sp³-hybridized carbons (Fsp3) is 0.200. The van der Waals surface area contributed by atoms with Gasteiger partial charge in [-0.05, 0) is 6.07 Å². The van der Waals surface area contributed by atoms with Gasteiger partial charge in [-0.2, -0.15) is 0 Å². The van der Waals surface area contributed by atoms with Crippen molar-refractivity contribution in [2.45, 2.75) is 13.8 Å². The Morgan fingerprint density at radius 3 is 2.69 bits per heavy atom. The second-order valence-electron chi connectivity index (χ2n) is 3.35. The molecule has 0 fully saturated rings. The van der Waals surface area contributed by atoms with E-state index in [0.29, 0.717) is 16.9 Å². The lowest BCUT2D eigenvalue weighted by atomic mass is 10.3. The lowest BCUT2D eigenvalue weighted by Gasteiger charge is -2.02. The molecule has 0 bridgehead atoms. The number of nitrogens with one attached hydrogen (secondary N) is 1. The van der Waals surface area contributed by atoms with Crippen LogP contribution >= 0.6 is 0 Å². The largest absolute Gasteiger partial charge is 0.324 e. The maximum absolute atomic E-state index is 11.2. The minimum absolute atomic E-state index is 0.171. The van der Waals surface area contributed by atoms with Crippen LogP contribution in [0.25, 0.3) is 11.2 Å². The number of carbonyl (C=O) groups is 2. The number of rotatable bonds is 1. The Kier molecular flexibility index (Phi) is 2.40. The quantitative estimate of drug-likeness (QED) is 0.776. The van der Waals surface area contributed by atoms with Crippen molar-refractivity contribution in [3.8, 4) is 0 Å². The molecule has 0 radical (unpaired) electrons. The number of hydrogen-bond donors (Lipinski definition) is 1. The van der Waals surface area contributed by atoms with Crippen LogP contribution in [0.2, 0.25) is 0 Å². The molecule has 0 unspecified atom stereocenters. The molecule has 82 valence electrons. The van der Waals surface area contributed by atoms with Crippen LogP contribution in [0.1, 0.15) is 18.6 Å². The molecule has 2 heterocycles. The van der Waals surface area contributed by atoms with E-state index in [9.17, 15) is 9.59 Å². The number of amides is 1. The molecular formula is C10H10N4O2. The SMILES string of the molecule is CC(=O)Nc1ccnc2c1ncn2C(C)=O. The number of aromatic nitrogens is 3. The van der Waals surface area contributed by atoms with E-state index in [2.05, 4.69) is 15.3 Å². The highest BCUT2D eigenvalue weighted by Crippen LogP contribution is 2.19. The summed E-state index contributed by atoms with van der Waals surface area (Å²) in [7, 11) is 0. The standard InChI is InChI=1S/C10H10N4O2/c1-6(15)13-8-3-4-11-10-9(8)12-5-14(10)7(2)16/h3-5H,1-2H3,(H,11,13,15). The van der Waals surface area contributed by atoms with Gasteiger partial charge in [0.15, 0.2) is 5.65 Å². The molecule has 0 aromatic carbocycles. The molecule has 16 heavy (non-hydrogen) atoms. The Bertz CT molecular complexity index is 573. The van der Waals surface area contributed by atoms with Crippen LogP contribution in [0.4, 0.5) is 5.69 Å². The summed E-state index contributed by atoms with van der Waals surface area (Å²) < 4.78 is 1.33. The number of anilines is 1. The summed E-state index contributed by atoms with van der Waals surface area (Å²) in [6.07, 6.45) is 2.92. The van der Waals surface area contributed by atoms with E-state index in [1.165, 1.54) is 30.9 Å². The van der Waals surface area contributed by atoms with Gasteiger partial charge in [-0.25, -0.2) is 9.97 Å². The van der Waals surface area contributed by atoms with Crippen molar-refractivity contribution < 1.29 is 9.59 Å². The van der Waals surface area contributed by atoms with Crippen LogP contribution in [-0.4, -0.2) is 26.3 Å². The minimum atomic E-state index is -0.190. The fourth-order valence-corrected chi connectivity index (χ4v) is 1.44. The van der Waals surface area contributed by atoms with Crippen molar-refractivity contribution in [2.75, 3.05) is 5.32 Å². The number of fused-ring (bicyclic) bond motifs is 1. The third kappa shape index (κ3) is 1.65. The van der Waals surface area contributed by atoms with Crippen molar-refractivity contribution in [3.63, 3.8) is 0 Å². The smallest absolute Gasteiger partial charge is 0.230 e. The fourth-order valence-electron chi connectivity index (χ4n) is 1.44. The molecule has 2 rings (SSSR count). The molecule has 0 aliphatic heterocycles. The molecule has 1 N–H and O–H groups in total. The average molecular weight is 218 g/mol. The zero-order valence-corrected chi connectivity index (χ0v) is 8.89. The van der Waals surface area contributed by atoms with E-state index in [1.807, 2.05) is 0 Å². The Balaban J connectivity index is 2.61. The van der Waals surface area contributed by atoms with Gasteiger partial charge < -0.3 is 5.32 Å². The summed E-state index contributed by atoms with van der Waals surface area (Å²) >= 11 is 0. The first-order chi connectivity index (χ1) is 7.59. The third-order valence-corrected chi connectivity index (χ3v) is 2.09. The molecule has 0 saturated heterocycles. The topological polar surface area (TPSA) is 76.9 Å². The van der Waals surface area contributed by atoms with Crippen LogP contribution in [0.3, 0.4) is 0 Å². The molecular weight excluding hydrogens is 208 g/mol. The molecule has 0 aliphatic carbocycles. The summed E-state index contributed by atoms with van der Waals surface area (Å²) in [6.45, 7) is 2.84. The van der Waals surface area contributed by atoms with Crippen molar-refractivity contribution in [1.82, 2.24) is 14.5 Å². The third-order valence-electron chi connectivity index (χ3n) is 2.09. The van der Waals surface area contributed by atoms with Gasteiger partial charge in [0, 0.05) is 20.0 Å². The predicted molar refractivity (Wildman–Crippen MR) is 58.1 cm³/mol. The summed E-state index contributed by atoms with van der Waals surface area (Å²) in [5.41, 5.74) is 1.50. The Morgan fingerprint density at radius 1 is 1.31 bits per heavy atom. The molecule has 6 heteroatoms. The summed E-state index contributed by atoms with van der Waals surface area (Å²) in [4.78, 5) is 30.3. The minimum Gasteiger partial charge on any atom is -0.324 e. The zero-order valence-electron chi connectivity index (χ0n) is 8.89. The van der Waals surface area contributed by atoms with Crippen LogP contribution < -0.4 is 5.32 Å². The van der Waals surface area contributed by atoms with Crippen molar-refractivity contribution >= 4 is 28.7 Å². The van der Waals surface area contributed by atoms with E-state index in [1.54, 1.807) is 6.07 Å². The van der Waals surface area contributed by atoms with Crippen LogP contribution in [0.5, 0.6) is 0 Å². The Labute approximate surface area is 91.3 Å². The first-order valence-corrected chi connectivity index (χ1v) is 4.70. The molecule has 2 aromatic rings. The maximum Gasteiger partial charge on any atom is 0.230 e. The van der Waals surface area contributed by atoms with Gasteiger partial charge in [0.25, 0.3) is 0 Å². The molecule has 0 spiro atoms. The number of hydrogen-bond acceptors (Lipinski definition) is 4. The van der Waals surface area contributed by atoms with Gasteiger partial charge in [-0.3, -0.25) is 14.2 Å². The first-order valence-electron chi connectivity index (χ1n) is 4.70. The van der Waals surface area contributed by atoms with E-state index < -0.39 is 0 Å². The van der Waals surface area contributed by atoms with Crippen LogP contribution in [-0.2, 0) is 4.79 Å². The molecule has 1 amide bonds. The number of pyridine rings is 1. The lowest BCUT2D eigenvalue weighted by Crippen LogP contribution is -2.07. The molecule has 0 saturated carbocycles. The van der Waals surface area contributed by atoms with E-state index >= 15 is 0 Å². The van der Waals surface area contributed by atoms with Gasteiger partial charge in [-0.15, -0.1) is 0 Å². The Morgan fingerprint density at radius 2 is 2.06 bits per heavy atom. The van der Waals surface area contributed by atoms with Crippen molar-refractivity contribution in [2.24, 2.45) is 0 Å². The van der Waals surface area contributed by atoms with Crippen molar-refractivity contribution in [1.29, 1.82) is 0 Å². The highest BCUT2D eigenvalue weighted by molar-refractivity contribution is 5.99. The average Bonchev–Trinajstić information content (AvgIpc) is 2.61. The summed E-state index contributed by atoms with van der Waals surface area (Å²) in [6, 6.07) is 1.64. The van der Waals surface area contributed by atoms with E-state index in [4.69, 9.17) is 0 Å². The van der Waals surface area contributed by atoms with Gasteiger partial charge in [0.2, 0.25) is 11.8 Å². The normalized spacial score (nSPS) is 10.4. The molecule has 6 nitrogen and oxygen atoms in total. The van der Waals surface area contributed by atoms with Crippen LogP contribution in [0.15, 0.2) is 18.6 Å². The second-order valence-corrected chi connectivity index (χ2v) is 3.35. The van der Waals surface area contributed by atoms with Gasteiger partial charge in [0.05, 0.1) is 5.69 Å². The maximum atomic E-state index is 11.2. The van der Waals surface area contributed by atoms with E-state index in [-0.39, 0.29) is 11.8 Å². The first kappa shape index (κ1) is 10.3. The second kappa shape index (κ2) is 3.73. The number of carbonyl (C=O) groups excluding carboxylic acids is 2. The lowest BCUT2D eigenvalue weighted by molar-refractivity contribution is -0.114. The zero-order chi connectivity index (χ0) is 11.7. The number of nitrogens with zero attached hydrogens (tertiary/aromatic N) is 3. The molecule has 2 aromatic heterocycles. The molecule has 0 atom stereocenters. The van der Waals surface area contributed by atoms with Gasteiger partial charge in [-0.1, -0.05) is 0 Å². The highest BCUT2D eigenvalue weighted by Gasteiger charge is 2.11. The van der Waals surface area contributed by atoms with Crippen LogP contribution in [0, 0.1) is 0 Å². The van der Waals surface area contributed by atoms with Crippen molar-refractivity contribution in [3.05, 3.63) is 18.6 Å². The van der Waals surface area contributed by atoms with Gasteiger partial charge >= 0.3 is 0 Å². The highest BCUT2D eigenvalue weighted by atomic mass is 16.2. The Hall–Kier alpha value is -2.24. The number of imidazole rings is 1. The monoisotopic (exact) mass is 218 g/mol. The van der Waals surface area contributed by atoms with Gasteiger partial charge in [0.1, 0.15) is 11.8 Å².